The zero-order chi connectivity index (χ0) is 28.3. The quantitative estimate of drug-likeness (QED) is 0.299. The first-order valence-electron chi connectivity index (χ1n) is 11.8. The number of fused-ring (bicyclic) bond motifs is 1. The van der Waals surface area contributed by atoms with Crippen LogP contribution in [-0.4, -0.2) is 64.9 Å². The number of nitrogens with zero attached hydrogens (tertiary/aromatic N) is 1. The SMILES string of the molecule is CCC(C)Sc1ccc(C2N[C@@](CC(C)C)(C(=O)OC)C3C(=O)N(C)C(=O)C23)cc1.O=C(O)C(F)(F)F. The number of aliphatic carboxylic acids is 1. The van der Waals surface area contributed by atoms with Crippen molar-refractivity contribution in [2.75, 3.05) is 14.2 Å². The summed E-state index contributed by atoms with van der Waals surface area (Å²) in [6, 6.07) is 7.68. The number of ether oxygens (including phenoxy) is 1. The van der Waals surface area contributed by atoms with Gasteiger partial charge in [-0.05, 0) is 36.5 Å². The highest BCUT2D eigenvalue weighted by atomic mass is 32.2. The number of nitrogens with one attached hydrogen (secondary N) is 1. The van der Waals surface area contributed by atoms with E-state index in [9.17, 15) is 27.6 Å². The summed E-state index contributed by atoms with van der Waals surface area (Å²) in [5.74, 6) is -5.02. The van der Waals surface area contributed by atoms with Crippen molar-refractivity contribution >= 4 is 35.5 Å². The summed E-state index contributed by atoms with van der Waals surface area (Å²) < 4.78 is 36.9. The van der Waals surface area contributed by atoms with Gasteiger partial charge < -0.3 is 9.84 Å². The Balaban J connectivity index is 0.000000604. The summed E-state index contributed by atoms with van der Waals surface area (Å²) >= 11 is 1.81. The molecule has 37 heavy (non-hydrogen) atoms. The second kappa shape index (κ2) is 11.8. The number of methoxy groups -OCH3 is 1. The fourth-order valence-electron chi connectivity index (χ4n) is 4.79. The second-order valence-corrected chi connectivity index (χ2v) is 11.1. The van der Waals surface area contributed by atoms with Crippen LogP contribution in [0.25, 0.3) is 0 Å². The lowest BCUT2D eigenvalue weighted by molar-refractivity contribution is -0.192. The van der Waals surface area contributed by atoms with Gasteiger partial charge in [-0.1, -0.05) is 39.8 Å². The zero-order valence-corrected chi connectivity index (χ0v) is 22.4. The molecule has 12 heteroatoms. The van der Waals surface area contributed by atoms with Crippen LogP contribution < -0.4 is 5.32 Å². The van der Waals surface area contributed by atoms with E-state index in [0.29, 0.717) is 11.7 Å². The molecule has 2 saturated heterocycles. The highest BCUT2D eigenvalue weighted by Crippen LogP contribution is 2.51. The molecule has 1 aromatic carbocycles. The molecule has 2 heterocycles. The normalized spacial score (nSPS) is 26.0. The third kappa shape index (κ3) is 6.46. The van der Waals surface area contributed by atoms with Crippen molar-refractivity contribution < 1.29 is 42.2 Å². The van der Waals surface area contributed by atoms with Gasteiger partial charge >= 0.3 is 18.1 Å². The summed E-state index contributed by atoms with van der Waals surface area (Å²) in [4.78, 5) is 50.3. The third-order valence-corrected chi connectivity index (χ3v) is 7.83. The standard InChI is InChI=1S/C23H32N2O4S.C2HF3O2/c1-7-14(4)30-16-10-8-15(9-11-16)19-17-18(21(27)25(5)20(17)26)23(24-19,12-13(2)3)22(28)29-6;3-2(4,5)1(6)7/h8-11,13-14,17-19,24H,7,12H2,1-6H3;(H,6,7)/t14?,17?,18?,19?,23-;/m1./s1. The lowest BCUT2D eigenvalue weighted by atomic mass is 9.75. The van der Waals surface area contributed by atoms with Crippen molar-refractivity contribution in [1.29, 1.82) is 0 Å². The maximum Gasteiger partial charge on any atom is 0.490 e. The zero-order valence-electron chi connectivity index (χ0n) is 21.6. The van der Waals surface area contributed by atoms with Crippen LogP contribution >= 0.6 is 11.8 Å². The van der Waals surface area contributed by atoms with Crippen molar-refractivity contribution in [1.82, 2.24) is 10.2 Å². The van der Waals surface area contributed by atoms with Gasteiger partial charge in [-0.3, -0.25) is 24.6 Å². The highest BCUT2D eigenvalue weighted by molar-refractivity contribution is 7.99. The van der Waals surface area contributed by atoms with Gasteiger partial charge in [0.1, 0.15) is 5.54 Å². The van der Waals surface area contributed by atoms with Crippen molar-refractivity contribution in [2.45, 2.75) is 68.4 Å². The van der Waals surface area contributed by atoms with Gasteiger partial charge in [-0.2, -0.15) is 13.2 Å². The van der Waals surface area contributed by atoms with E-state index in [0.717, 1.165) is 16.9 Å². The van der Waals surface area contributed by atoms with Crippen LogP contribution in [0.2, 0.25) is 0 Å². The average molecular weight is 547 g/mol. The first-order chi connectivity index (χ1) is 17.1. The molecule has 2 aliphatic rings. The predicted octanol–water partition coefficient (Wildman–Crippen LogP) is 4.04. The molecule has 4 unspecified atom stereocenters. The Morgan fingerprint density at radius 1 is 1.16 bits per heavy atom. The number of rotatable bonds is 7. The summed E-state index contributed by atoms with van der Waals surface area (Å²) in [6.45, 7) is 8.35. The summed E-state index contributed by atoms with van der Waals surface area (Å²) in [5, 5.41) is 11.1. The fourth-order valence-corrected chi connectivity index (χ4v) is 5.71. The maximum absolute atomic E-state index is 13.1. The van der Waals surface area contributed by atoms with Crippen LogP contribution in [0.5, 0.6) is 0 Å². The molecule has 2 amide bonds. The molecule has 0 aromatic heterocycles. The molecule has 1 aromatic rings. The molecule has 0 spiro atoms. The van der Waals surface area contributed by atoms with E-state index < -0.39 is 41.5 Å². The van der Waals surface area contributed by atoms with E-state index in [1.807, 2.05) is 49.9 Å². The van der Waals surface area contributed by atoms with Gasteiger partial charge in [0.15, 0.2) is 0 Å². The number of halogens is 3. The van der Waals surface area contributed by atoms with Crippen molar-refractivity contribution in [3.05, 3.63) is 29.8 Å². The number of benzene rings is 1. The predicted molar refractivity (Wildman–Crippen MR) is 131 cm³/mol. The topological polar surface area (TPSA) is 113 Å². The van der Waals surface area contributed by atoms with Gasteiger partial charge in [0.05, 0.1) is 18.9 Å². The molecule has 2 aliphatic heterocycles. The van der Waals surface area contributed by atoms with Crippen LogP contribution in [0.1, 0.15) is 52.1 Å². The average Bonchev–Trinajstić information content (AvgIpc) is 3.27. The van der Waals surface area contributed by atoms with Crippen molar-refractivity contribution in [3.63, 3.8) is 0 Å². The van der Waals surface area contributed by atoms with Crippen LogP contribution in [-0.2, 0) is 23.9 Å². The number of hydrogen-bond acceptors (Lipinski definition) is 7. The highest BCUT2D eigenvalue weighted by Gasteiger charge is 2.68. The van der Waals surface area contributed by atoms with Crippen molar-refractivity contribution in [2.24, 2.45) is 17.8 Å². The first-order valence-corrected chi connectivity index (χ1v) is 12.7. The van der Waals surface area contributed by atoms with Gasteiger partial charge in [0.25, 0.3) is 0 Å². The van der Waals surface area contributed by atoms with E-state index in [-0.39, 0.29) is 17.7 Å². The number of hydrogen-bond donors (Lipinski definition) is 2. The van der Waals surface area contributed by atoms with Crippen LogP contribution in [0, 0.1) is 17.8 Å². The molecule has 2 fully saturated rings. The third-order valence-electron chi connectivity index (χ3n) is 6.55. The number of thioether (sulfide) groups is 1. The monoisotopic (exact) mass is 546 g/mol. The molecule has 206 valence electrons. The number of carboxylic acids is 1. The first kappa shape index (κ1) is 30.6. The van der Waals surface area contributed by atoms with Gasteiger partial charge in [-0.15, -0.1) is 11.8 Å². The molecule has 0 bridgehead atoms. The van der Waals surface area contributed by atoms with Gasteiger partial charge in [0.2, 0.25) is 11.8 Å². The molecular weight excluding hydrogens is 513 g/mol. The van der Waals surface area contributed by atoms with E-state index in [1.165, 1.54) is 19.1 Å². The Bertz CT molecular complexity index is 1020. The number of carbonyl (C=O) groups excluding carboxylic acids is 3. The minimum absolute atomic E-state index is 0.138. The molecule has 0 saturated carbocycles. The number of amides is 2. The van der Waals surface area contributed by atoms with E-state index in [4.69, 9.17) is 14.6 Å². The molecule has 8 nitrogen and oxygen atoms in total. The Morgan fingerprint density at radius 2 is 1.70 bits per heavy atom. The van der Waals surface area contributed by atoms with Gasteiger partial charge in [0, 0.05) is 23.2 Å². The number of esters is 1. The summed E-state index contributed by atoms with van der Waals surface area (Å²) in [5.41, 5.74) is -0.302. The smallest absolute Gasteiger partial charge is 0.475 e. The lowest BCUT2D eigenvalue weighted by Crippen LogP contribution is -2.56. The Morgan fingerprint density at radius 3 is 2.14 bits per heavy atom. The summed E-state index contributed by atoms with van der Waals surface area (Å²) in [7, 11) is 2.84. The maximum atomic E-state index is 13.1. The van der Waals surface area contributed by atoms with E-state index >= 15 is 0 Å². The number of alkyl halides is 3. The van der Waals surface area contributed by atoms with E-state index in [2.05, 4.69) is 19.2 Å². The second-order valence-electron chi connectivity index (χ2n) is 9.63. The molecular formula is C25H33F3N2O6S. The van der Waals surface area contributed by atoms with E-state index in [1.54, 1.807) is 0 Å². The number of likely N-dealkylation sites (tertiary alicyclic amines) is 1. The van der Waals surface area contributed by atoms with Crippen LogP contribution in [0.15, 0.2) is 29.2 Å². The molecule has 2 N–H and O–H groups in total. The molecule has 0 aliphatic carbocycles. The number of carboxylic acid groups (broad SMARTS) is 1. The van der Waals surface area contributed by atoms with Crippen LogP contribution in [0.3, 0.4) is 0 Å². The lowest BCUT2D eigenvalue weighted by Gasteiger charge is -2.33. The minimum atomic E-state index is -5.08. The fraction of sp³-hybridized carbons (Fsp3) is 0.600. The molecule has 3 rings (SSSR count). The van der Waals surface area contributed by atoms with Crippen molar-refractivity contribution in [3.8, 4) is 0 Å². The number of carbonyl (C=O) groups is 4. The summed E-state index contributed by atoms with van der Waals surface area (Å²) in [6.07, 6.45) is -3.58. The Labute approximate surface area is 218 Å². The molecule has 0 radical (unpaired) electrons. The Kier molecular flexibility index (Phi) is 9.81. The number of imide groups is 1. The van der Waals surface area contributed by atoms with Gasteiger partial charge in [-0.25, -0.2) is 4.79 Å². The minimum Gasteiger partial charge on any atom is -0.475 e. The Hall–Kier alpha value is -2.60. The van der Waals surface area contributed by atoms with Crippen LogP contribution in [0.4, 0.5) is 13.2 Å². The largest absolute Gasteiger partial charge is 0.490 e. The molecule has 5 atom stereocenters.